The molecule has 1 fully saturated rings. The average molecular weight is 291 g/mol. The van der Waals surface area contributed by atoms with Crippen molar-refractivity contribution >= 4 is 5.78 Å². The fourth-order valence-electron chi connectivity index (χ4n) is 3.30. The maximum atomic E-state index is 12.6. The monoisotopic (exact) mass is 291 g/mol. The molecule has 0 unspecified atom stereocenters. The number of rotatable bonds is 5. The van der Waals surface area contributed by atoms with Crippen LogP contribution in [-0.2, 0) is 6.54 Å². The predicted molar refractivity (Wildman–Crippen MR) is 87.1 cm³/mol. The summed E-state index contributed by atoms with van der Waals surface area (Å²) in [6.45, 7) is 16.3. The van der Waals surface area contributed by atoms with Crippen molar-refractivity contribution in [2.24, 2.45) is 0 Å². The Bertz CT molecular complexity index is 496. The molecule has 0 aromatic carbocycles. The lowest BCUT2D eigenvalue weighted by atomic mass is 10.1. The Morgan fingerprint density at radius 2 is 1.81 bits per heavy atom. The molecule has 0 radical (unpaired) electrons. The summed E-state index contributed by atoms with van der Waals surface area (Å²) in [7, 11) is 0. The zero-order valence-corrected chi connectivity index (χ0v) is 14.1. The van der Waals surface area contributed by atoms with E-state index >= 15 is 0 Å². The second-order valence-electron chi connectivity index (χ2n) is 6.36. The Labute approximate surface area is 128 Å². The van der Waals surface area contributed by atoms with Crippen LogP contribution >= 0.6 is 0 Å². The molecule has 0 saturated carbocycles. The second kappa shape index (κ2) is 6.75. The van der Waals surface area contributed by atoms with Crippen LogP contribution < -0.4 is 0 Å². The fourth-order valence-corrected chi connectivity index (χ4v) is 3.30. The number of ketones is 1. The maximum Gasteiger partial charge on any atom is 0.178 e. The Balaban J connectivity index is 1.97. The Kier molecular flexibility index (Phi) is 5.22. The molecule has 2 rings (SSSR count). The zero-order chi connectivity index (χ0) is 15.6. The van der Waals surface area contributed by atoms with Gasteiger partial charge in [0.15, 0.2) is 5.78 Å². The molecule has 0 amide bonds. The first-order chi connectivity index (χ1) is 9.93. The maximum absolute atomic E-state index is 12.6. The highest BCUT2D eigenvalue weighted by Gasteiger charge is 2.22. The lowest BCUT2D eigenvalue weighted by molar-refractivity contribution is 0.0806. The molecule has 0 spiro atoms. The number of hydrogen-bond donors (Lipinski definition) is 0. The Hall–Kier alpha value is -1.13. The highest BCUT2D eigenvalue weighted by Crippen LogP contribution is 2.16. The minimum absolute atomic E-state index is 0.265. The largest absolute Gasteiger partial charge is 0.349 e. The van der Waals surface area contributed by atoms with Gasteiger partial charge in [-0.2, -0.15) is 0 Å². The summed E-state index contributed by atoms with van der Waals surface area (Å²) in [5, 5.41) is 0. The lowest BCUT2D eigenvalue weighted by Crippen LogP contribution is -2.50. The minimum atomic E-state index is 0.265. The van der Waals surface area contributed by atoms with E-state index < -0.39 is 0 Å². The molecule has 1 saturated heterocycles. The SMILES string of the molecule is CCn1c(C)cc(C(=O)CN2CCN(C(C)C)CC2)c1C. The van der Waals surface area contributed by atoms with E-state index in [1.54, 1.807) is 0 Å². The van der Waals surface area contributed by atoms with E-state index in [1.807, 2.05) is 6.07 Å². The van der Waals surface area contributed by atoms with Gasteiger partial charge >= 0.3 is 0 Å². The number of aryl methyl sites for hydroxylation is 1. The molecular formula is C17H29N3O. The van der Waals surface area contributed by atoms with Gasteiger partial charge in [0.1, 0.15) is 0 Å². The number of nitrogens with zero attached hydrogens (tertiary/aromatic N) is 3. The first-order valence-corrected chi connectivity index (χ1v) is 8.10. The molecule has 1 aliphatic rings. The van der Waals surface area contributed by atoms with Crippen LogP contribution in [0.3, 0.4) is 0 Å². The van der Waals surface area contributed by atoms with Crippen LogP contribution in [-0.4, -0.2) is 58.9 Å². The van der Waals surface area contributed by atoms with Crippen LogP contribution in [0.15, 0.2) is 6.07 Å². The number of hydrogen-bond acceptors (Lipinski definition) is 3. The number of carbonyl (C=O) groups excluding carboxylic acids is 1. The molecule has 4 nitrogen and oxygen atoms in total. The third kappa shape index (κ3) is 3.55. The minimum Gasteiger partial charge on any atom is -0.349 e. The van der Waals surface area contributed by atoms with Gasteiger partial charge in [-0.25, -0.2) is 0 Å². The first kappa shape index (κ1) is 16.2. The third-order valence-corrected chi connectivity index (χ3v) is 4.69. The lowest BCUT2D eigenvalue weighted by Gasteiger charge is -2.36. The van der Waals surface area contributed by atoms with Gasteiger partial charge in [-0.05, 0) is 40.7 Å². The summed E-state index contributed by atoms with van der Waals surface area (Å²) in [6.07, 6.45) is 0. The van der Waals surface area contributed by atoms with Crippen molar-refractivity contribution in [1.82, 2.24) is 14.4 Å². The van der Waals surface area contributed by atoms with Gasteiger partial charge in [-0.15, -0.1) is 0 Å². The summed E-state index contributed by atoms with van der Waals surface area (Å²) in [5.41, 5.74) is 3.20. The molecule has 0 aliphatic carbocycles. The molecule has 1 aromatic rings. The van der Waals surface area contributed by atoms with Crippen LogP contribution in [0.25, 0.3) is 0 Å². The summed E-state index contributed by atoms with van der Waals surface area (Å²) < 4.78 is 2.21. The van der Waals surface area contributed by atoms with Crippen LogP contribution in [0.1, 0.15) is 42.5 Å². The number of carbonyl (C=O) groups is 1. The van der Waals surface area contributed by atoms with Gasteiger partial charge in [0.25, 0.3) is 0 Å². The van der Waals surface area contributed by atoms with Crippen LogP contribution in [0.4, 0.5) is 0 Å². The van der Waals surface area contributed by atoms with Crippen LogP contribution in [0, 0.1) is 13.8 Å². The standard InChI is InChI=1S/C17H29N3O/c1-6-20-14(4)11-16(15(20)5)17(21)12-18-7-9-19(10-8-18)13(2)3/h11,13H,6-10,12H2,1-5H3. The number of piperazine rings is 1. The van der Waals surface area contributed by atoms with E-state index in [0.717, 1.165) is 44.0 Å². The quantitative estimate of drug-likeness (QED) is 0.780. The fraction of sp³-hybridized carbons (Fsp3) is 0.706. The van der Waals surface area contributed by atoms with E-state index in [0.29, 0.717) is 12.6 Å². The van der Waals surface area contributed by atoms with Crippen LogP contribution in [0.2, 0.25) is 0 Å². The summed E-state index contributed by atoms with van der Waals surface area (Å²) in [6, 6.07) is 2.65. The van der Waals surface area contributed by atoms with Crippen molar-refractivity contribution in [2.75, 3.05) is 32.7 Å². The first-order valence-electron chi connectivity index (χ1n) is 8.10. The highest BCUT2D eigenvalue weighted by molar-refractivity contribution is 5.99. The Morgan fingerprint density at radius 3 is 2.29 bits per heavy atom. The Morgan fingerprint density at radius 1 is 1.19 bits per heavy atom. The topological polar surface area (TPSA) is 28.5 Å². The van der Waals surface area contributed by atoms with Gasteiger partial charge in [0.05, 0.1) is 6.54 Å². The van der Waals surface area contributed by atoms with E-state index in [2.05, 4.69) is 49.0 Å². The van der Waals surface area contributed by atoms with Crippen molar-refractivity contribution in [1.29, 1.82) is 0 Å². The average Bonchev–Trinajstić information content (AvgIpc) is 2.74. The van der Waals surface area contributed by atoms with Crippen molar-refractivity contribution in [3.63, 3.8) is 0 Å². The van der Waals surface area contributed by atoms with Gasteiger partial charge in [-0.1, -0.05) is 0 Å². The molecule has 0 atom stereocenters. The van der Waals surface area contributed by atoms with Crippen molar-refractivity contribution in [2.45, 2.75) is 47.2 Å². The smallest absolute Gasteiger partial charge is 0.178 e. The highest BCUT2D eigenvalue weighted by atomic mass is 16.1. The summed E-state index contributed by atoms with van der Waals surface area (Å²) in [5.74, 6) is 0.265. The van der Waals surface area contributed by atoms with E-state index in [9.17, 15) is 4.79 Å². The third-order valence-electron chi connectivity index (χ3n) is 4.69. The van der Waals surface area contributed by atoms with E-state index in [4.69, 9.17) is 0 Å². The number of aromatic nitrogens is 1. The van der Waals surface area contributed by atoms with Crippen LogP contribution in [0.5, 0.6) is 0 Å². The van der Waals surface area contributed by atoms with Crippen molar-refractivity contribution < 1.29 is 4.79 Å². The van der Waals surface area contributed by atoms with Gasteiger partial charge in [0.2, 0.25) is 0 Å². The number of Topliss-reactive ketones (excluding diaryl/α,β-unsaturated/α-hetero) is 1. The van der Waals surface area contributed by atoms with Gasteiger partial charge in [0, 0.05) is 55.7 Å². The molecule has 118 valence electrons. The van der Waals surface area contributed by atoms with E-state index in [1.165, 1.54) is 5.69 Å². The molecule has 2 heterocycles. The molecule has 21 heavy (non-hydrogen) atoms. The van der Waals surface area contributed by atoms with Crippen molar-refractivity contribution in [3.05, 3.63) is 23.0 Å². The molecule has 0 bridgehead atoms. The summed E-state index contributed by atoms with van der Waals surface area (Å²) in [4.78, 5) is 17.3. The van der Waals surface area contributed by atoms with Crippen molar-refractivity contribution in [3.8, 4) is 0 Å². The molecular weight excluding hydrogens is 262 g/mol. The van der Waals surface area contributed by atoms with E-state index in [-0.39, 0.29) is 5.78 Å². The summed E-state index contributed by atoms with van der Waals surface area (Å²) >= 11 is 0. The molecule has 0 N–H and O–H groups in total. The second-order valence-corrected chi connectivity index (χ2v) is 6.36. The zero-order valence-electron chi connectivity index (χ0n) is 14.1. The molecule has 1 aliphatic heterocycles. The molecule has 1 aromatic heterocycles. The predicted octanol–water partition coefficient (Wildman–Crippen LogP) is 2.33. The normalized spacial score (nSPS) is 17.6. The molecule has 4 heteroatoms. The van der Waals surface area contributed by atoms with Gasteiger partial charge in [-0.3, -0.25) is 14.6 Å². The van der Waals surface area contributed by atoms with Gasteiger partial charge < -0.3 is 4.57 Å².